The maximum atomic E-state index is 13.9. The number of phosphoric ester groups is 1. The number of halogens is 5. The second-order valence-electron chi connectivity index (χ2n) is 7.78. The minimum Gasteiger partial charge on any atom is -0.493 e. The Morgan fingerprint density at radius 2 is 1.82 bits per heavy atom. The van der Waals surface area contributed by atoms with E-state index < -0.39 is 49.9 Å². The summed E-state index contributed by atoms with van der Waals surface area (Å²) in [7, 11) is -4.83. The van der Waals surface area contributed by atoms with Gasteiger partial charge in [0.2, 0.25) is 0 Å². The normalized spacial score (nSPS) is 14.1. The standard InChI is InChI=1S/C21H25ClF4NO6P/c22-17-5-1-3-15(19(17)23)4-2-10-32-18-7-6-14(11-16(18)21(24,25)26)8-9-20(27,12-28)13-33-34(29,30)31/h1,3,5-7,11,28H,2,4,8-10,12-13,27H2,(H2,29,30,31). The van der Waals surface area contributed by atoms with Crippen LogP contribution in [0.3, 0.4) is 0 Å². The van der Waals surface area contributed by atoms with Gasteiger partial charge in [-0.15, -0.1) is 0 Å². The van der Waals surface area contributed by atoms with Gasteiger partial charge in [-0.3, -0.25) is 4.52 Å². The fraction of sp³-hybridized carbons (Fsp3) is 0.429. The highest BCUT2D eigenvalue weighted by atomic mass is 35.5. The lowest BCUT2D eigenvalue weighted by molar-refractivity contribution is -0.139. The summed E-state index contributed by atoms with van der Waals surface area (Å²) in [4.78, 5) is 17.6. The highest BCUT2D eigenvalue weighted by molar-refractivity contribution is 7.46. The summed E-state index contributed by atoms with van der Waals surface area (Å²) in [5, 5.41) is 9.40. The van der Waals surface area contributed by atoms with Crippen molar-refractivity contribution in [1.29, 1.82) is 0 Å². The Morgan fingerprint density at radius 3 is 2.44 bits per heavy atom. The van der Waals surface area contributed by atoms with Crippen LogP contribution in [0.15, 0.2) is 36.4 Å². The Hall–Kier alpha value is -1.72. The van der Waals surface area contributed by atoms with Crippen molar-refractivity contribution in [2.45, 2.75) is 37.4 Å². The molecule has 0 radical (unpaired) electrons. The van der Waals surface area contributed by atoms with Gasteiger partial charge in [0, 0.05) is 0 Å². The number of nitrogens with two attached hydrogens (primary N) is 1. The maximum Gasteiger partial charge on any atom is 0.469 e. The Balaban J connectivity index is 2.04. The number of alkyl halides is 3. The Labute approximate surface area is 198 Å². The molecule has 1 atom stereocenters. The van der Waals surface area contributed by atoms with Crippen molar-refractivity contribution >= 4 is 19.4 Å². The Morgan fingerprint density at radius 1 is 1.12 bits per heavy atom. The van der Waals surface area contributed by atoms with Crippen LogP contribution < -0.4 is 10.5 Å². The minimum absolute atomic E-state index is 0.0288. The van der Waals surface area contributed by atoms with Crippen LogP contribution in [0.25, 0.3) is 0 Å². The van der Waals surface area contributed by atoms with Crippen LogP contribution in [-0.2, 0) is 28.1 Å². The number of aliphatic hydroxyl groups is 1. The van der Waals surface area contributed by atoms with E-state index in [0.29, 0.717) is 5.56 Å². The maximum absolute atomic E-state index is 13.9. The lowest BCUT2D eigenvalue weighted by Crippen LogP contribution is -2.48. The molecule has 0 saturated carbocycles. The molecular formula is C21H25ClF4NO6P. The largest absolute Gasteiger partial charge is 0.493 e. The van der Waals surface area contributed by atoms with Crippen LogP contribution in [0.2, 0.25) is 5.02 Å². The van der Waals surface area contributed by atoms with Gasteiger partial charge in [0.1, 0.15) is 11.6 Å². The first-order chi connectivity index (χ1) is 15.7. The van der Waals surface area contributed by atoms with Crippen molar-refractivity contribution in [3.63, 3.8) is 0 Å². The summed E-state index contributed by atoms with van der Waals surface area (Å²) in [5.74, 6) is -0.969. The number of phosphoric acid groups is 1. The van der Waals surface area contributed by atoms with Crippen LogP contribution in [0.5, 0.6) is 5.75 Å². The molecule has 13 heteroatoms. The van der Waals surface area contributed by atoms with Crippen molar-refractivity contribution in [2.75, 3.05) is 19.8 Å². The number of rotatable bonds is 12. The molecular weight excluding hydrogens is 505 g/mol. The van der Waals surface area contributed by atoms with Crippen LogP contribution in [-0.4, -0.2) is 40.3 Å². The van der Waals surface area contributed by atoms with Crippen molar-refractivity contribution in [3.8, 4) is 5.75 Å². The van der Waals surface area contributed by atoms with E-state index in [1.54, 1.807) is 6.07 Å². The number of hydrogen-bond donors (Lipinski definition) is 4. The number of hydrogen-bond acceptors (Lipinski definition) is 5. The average molecular weight is 530 g/mol. The third kappa shape index (κ3) is 8.81. The molecule has 7 nitrogen and oxygen atoms in total. The van der Waals surface area contributed by atoms with Gasteiger partial charge in [-0.1, -0.05) is 29.8 Å². The third-order valence-corrected chi connectivity index (χ3v) is 5.73. The van der Waals surface area contributed by atoms with E-state index in [0.717, 1.165) is 12.1 Å². The first-order valence-electron chi connectivity index (χ1n) is 10.1. The third-order valence-electron chi connectivity index (χ3n) is 4.98. The van der Waals surface area contributed by atoms with Crippen LogP contribution in [0.4, 0.5) is 17.6 Å². The van der Waals surface area contributed by atoms with Crippen molar-refractivity contribution < 1.29 is 46.3 Å². The second-order valence-corrected chi connectivity index (χ2v) is 9.42. The zero-order chi connectivity index (χ0) is 25.6. The van der Waals surface area contributed by atoms with Crippen LogP contribution in [0, 0.1) is 5.82 Å². The van der Waals surface area contributed by atoms with E-state index >= 15 is 0 Å². The molecule has 0 aliphatic carbocycles. The van der Waals surface area contributed by atoms with Gasteiger partial charge in [-0.05, 0) is 55.0 Å². The molecule has 0 fully saturated rings. The second kappa shape index (κ2) is 11.8. The monoisotopic (exact) mass is 529 g/mol. The first-order valence-corrected chi connectivity index (χ1v) is 12.0. The van der Waals surface area contributed by atoms with E-state index in [4.69, 9.17) is 31.9 Å². The predicted molar refractivity (Wildman–Crippen MR) is 117 cm³/mol. The summed E-state index contributed by atoms with van der Waals surface area (Å²) in [5.41, 5.74) is 3.83. The highest BCUT2D eigenvalue weighted by Crippen LogP contribution is 2.38. The molecule has 2 aromatic rings. The quantitative estimate of drug-likeness (QED) is 0.184. The van der Waals surface area contributed by atoms with Gasteiger partial charge in [-0.25, -0.2) is 8.96 Å². The van der Waals surface area contributed by atoms with E-state index in [2.05, 4.69) is 4.52 Å². The van der Waals surface area contributed by atoms with Crippen molar-refractivity contribution in [3.05, 3.63) is 63.9 Å². The summed E-state index contributed by atoms with van der Waals surface area (Å²) in [6.45, 7) is -1.48. The Kier molecular flexibility index (Phi) is 9.91. The summed E-state index contributed by atoms with van der Waals surface area (Å²) >= 11 is 5.71. The van der Waals surface area contributed by atoms with Gasteiger partial charge in [-0.2, -0.15) is 13.2 Å². The molecule has 0 bridgehead atoms. The van der Waals surface area contributed by atoms with Crippen LogP contribution in [0.1, 0.15) is 29.5 Å². The molecule has 34 heavy (non-hydrogen) atoms. The molecule has 0 heterocycles. The Bertz CT molecular complexity index is 1020. The van der Waals surface area contributed by atoms with Gasteiger partial charge in [0.15, 0.2) is 0 Å². The van der Waals surface area contributed by atoms with E-state index in [1.807, 2.05) is 0 Å². The number of aliphatic hydroxyl groups excluding tert-OH is 1. The molecule has 1 unspecified atom stereocenters. The smallest absolute Gasteiger partial charge is 0.469 e. The highest BCUT2D eigenvalue weighted by Gasteiger charge is 2.35. The van der Waals surface area contributed by atoms with Crippen LogP contribution >= 0.6 is 19.4 Å². The first kappa shape index (κ1) is 28.5. The van der Waals surface area contributed by atoms with Gasteiger partial charge < -0.3 is 25.4 Å². The minimum atomic E-state index is -4.83. The molecule has 5 N–H and O–H groups in total. The molecule has 0 spiro atoms. The molecule has 0 aliphatic rings. The lowest BCUT2D eigenvalue weighted by Gasteiger charge is -2.27. The molecule has 2 aromatic carbocycles. The topological polar surface area (TPSA) is 122 Å². The molecule has 0 aliphatic heterocycles. The SMILES string of the molecule is NC(CO)(CCc1ccc(OCCCc2cccc(Cl)c2F)c(C(F)(F)F)c1)COP(=O)(O)O. The summed E-state index contributed by atoms with van der Waals surface area (Å²) in [6.07, 6.45) is -4.37. The van der Waals surface area contributed by atoms with E-state index in [-0.39, 0.29) is 42.9 Å². The van der Waals surface area contributed by atoms with Gasteiger partial charge in [0.25, 0.3) is 0 Å². The summed E-state index contributed by atoms with van der Waals surface area (Å²) < 4.78 is 75.1. The molecule has 0 amide bonds. The van der Waals surface area contributed by atoms with Gasteiger partial charge in [0.05, 0.1) is 35.9 Å². The zero-order valence-corrected chi connectivity index (χ0v) is 19.5. The molecule has 0 aromatic heterocycles. The number of aryl methyl sites for hydroxylation is 2. The molecule has 0 saturated heterocycles. The fourth-order valence-electron chi connectivity index (χ4n) is 3.07. The molecule has 2 rings (SSSR count). The van der Waals surface area contributed by atoms with E-state index in [1.165, 1.54) is 18.2 Å². The van der Waals surface area contributed by atoms with Crippen molar-refractivity contribution in [2.24, 2.45) is 5.73 Å². The average Bonchev–Trinajstić information content (AvgIpc) is 2.76. The fourth-order valence-corrected chi connectivity index (χ4v) is 3.69. The number of ether oxygens (including phenoxy) is 1. The van der Waals surface area contributed by atoms with E-state index in [9.17, 15) is 27.2 Å². The zero-order valence-electron chi connectivity index (χ0n) is 17.9. The van der Waals surface area contributed by atoms with Crippen molar-refractivity contribution in [1.82, 2.24) is 0 Å². The summed E-state index contributed by atoms with van der Waals surface area (Å²) in [6, 6.07) is 7.94. The predicted octanol–water partition coefficient (Wildman–Crippen LogP) is 4.24. The number of benzene rings is 2. The molecule has 190 valence electrons. The lowest BCUT2D eigenvalue weighted by atomic mass is 9.93. The van der Waals surface area contributed by atoms with Gasteiger partial charge >= 0.3 is 14.0 Å².